The molecular formula is C14H13F3N2O3. The van der Waals surface area contributed by atoms with Crippen LogP contribution in [0.1, 0.15) is 47.2 Å². The molecule has 2 heterocycles. The summed E-state index contributed by atoms with van der Waals surface area (Å²) >= 11 is 0. The largest absolute Gasteiger partial charge is 0.460 e. The fourth-order valence-electron chi connectivity index (χ4n) is 2.75. The third-order valence-electron chi connectivity index (χ3n) is 3.67. The van der Waals surface area contributed by atoms with Crippen molar-refractivity contribution in [1.82, 2.24) is 10.2 Å². The van der Waals surface area contributed by atoms with Gasteiger partial charge in [0.25, 0.3) is 0 Å². The summed E-state index contributed by atoms with van der Waals surface area (Å²) in [6, 6.07) is 0. The van der Waals surface area contributed by atoms with Crippen LogP contribution in [-0.4, -0.2) is 22.8 Å². The number of ether oxygens (including phenoxy) is 1. The first-order valence-electron chi connectivity index (χ1n) is 6.78. The van der Waals surface area contributed by atoms with Crippen molar-refractivity contribution >= 4 is 5.97 Å². The van der Waals surface area contributed by atoms with Gasteiger partial charge < -0.3 is 9.15 Å². The fourth-order valence-corrected chi connectivity index (χ4v) is 2.75. The molecule has 0 spiro atoms. The first-order valence-corrected chi connectivity index (χ1v) is 6.78. The molecule has 3 rings (SSSR count). The number of nitrogens with one attached hydrogen (secondary N) is 1. The van der Waals surface area contributed by atoms with E-state index in [1.807, 2.05) is 6.92 Å². The van der Waals surface area contributed by atoms with Gasteiger partial charge in [-0.3, -0.25) is 5.10 Å². The minimum absolute atomic E-state index is 0.0345. The Balaban J connectivity index is 2.26. The fraction of sp³-hybridized carbons (Fsp3) is 0.429. The molecule has 0 saturated heterocycles. The number of alkyl halides is 3. The number of aromatic nitrogens is 2. The molecule has 5 nitrogen and oxygen atoms in total. The number of hydrogen-bond donors (Lipinski definition) is 1. The Morgan fingerprint density at radius 1 is 1.55 bits per heavy atom. The van der Waals surface area contributed by atoms with E-state index in [2.05, 4.69) is 14.9 Å². The molecule has 0 amide bonds. The molecule has 2 aromatic heterocycles. The number of H-pyrrole nitrogens is 1. The second-order valence-electron chi connectivity index (χ2n) is 5.13. The molecule has 22 heavy (non-hydrogen) atoms. The topological polar surface area (TPSA) is 68.1 Å². The Morgan fingerprint density at radius 2 is 2.27 bits per heavy atom. The maximum Gasteiger partial charge on any atom is 0.421 e. The zero-order valence-electron chi connectivity index (χ0n) is 11.9. The van der Waals surface area contributed by atoms with Crippen LogP contribution >= 0.6 is 0 Å². The van der Waals surface area contributed by atoms with E-state index in [1.165, 1.54) is 13.1 Å². The Labute approximate surface area is 123 Å². The number of furan rings is 1. The first-order chi connectivity index (χ1) is 10.3. The molecule has 1 aliphatic rings. The summed E-state index contributed by atoms with van der Waals surface area (Å²) in [5.74, 6) is -1.84. The van der Waals surface area contributed by atoms with Crippen LogP contribution in [0.2, 0.25) is 0 Å². The molecule has 0 aromatic carbocycles. The molecule has 8 heteroatoms. The van der Waals surface area contributed by atoms with Crippen molar-refractivity contribution in [2.45, 2.75) is 32.4 Å². The molecule has 0 radical (unpaired) electrons. The number of carbonyl (C=O) groups is 1. The van der Waals surface area contributed by atoms with E-state index in [1.54, 1.807) is 0 Å². The molecule has 0 bridgehead atoms. The molecule has 1 aliphatic carbocycles. The first kappa shape index (κ1) is 14.7. The van der Waals surface area contributed by atoms with Crippen molar-refractivity contribution in [2.24, 2.45) is 0 Å². The van der Waals surface area contributed by atoms with Gasteiger partial charge in [-0.1, -0.05) is 6.92 Å². The maximum atomic E-state index is 13.5. The lowest BCUT2D eigenvalue weighted by Crippen LogP contribution is -2.15. The summed E-state index contributed by atoms with van der Waals surface area (Å²) in [6.45, 7) is 3.34. The third kappa shape index (κ3) is 2.10. The highest BCUT2D eigenvalue weighted by molar-refractivity contribution is 5.92. The maximum absolute atomic E-state index is 13.5. The van der Waals surface area contributed by atoms with E-state index in [0.29, 0.717) is 5.56 Å². The number of carbonyl (C=O) groups excluding carboxylic acids is 1. The van der Waals surface area contributed by atoms with Gasteiger partial charge in [0.2, 0.25) is 5.76 Å². The van der Waals surface area contributed by atoms with Crippen LogP contribution in [0, 0.1) is 0 Å². The highest BCUT2D eigenvalue weighted by Crippen LogP contribution is 2.48. The number of fused-ring (bicyclic) bond motifs is 3. The van der Waals surface area contributed by atoms with Gasteiger partial charge in [0.15, 0.2) is 0 Å². The van der Waals surface area contributed by atoms with Crippen LogP contribution < -0.4 is 0 Å². The predicted molar refractivity (Wildman–Crippen MR) is 69.4 cm³/mol. The van der Waals surface area contributed by atoms with Crippen LogP contribution in [0.25, 0.3) is 11.3 Å². The third-order valence-corrected chi connectivity index (χ3v) is 3.67. The number of rotatable bonds is 2. The second kappa shape index (κ2) is 4.89. The highest BCUT2D eigenvalue weighted by Gasteiger charge is 2.46. The van der Waals surface area contributed by atoms with Gasteiger partial charge in [-0.25, -0.2) is 4.79 Å². The van der Waals surface area contributed by atoms with Gasteiger partial charge >= 0.3 is 12.1 Å². The SMILES string of the molecule is CCOC(=O)c1oc2c(c1C(F)(F)F)-c1[nH]ncc1C(C)C2. The zero-order chi connectivity index (χ0) is 16.1. The molecule has 2 aromatic rings. The van der Waals surface area contributed by atoms with Gasteiger partial charge in [-0.15, -0.1) is 0 Å². The average Bonchev–Trinajstić information content (AvgIpc) is 3.01. The van der Waals surface area contributed by atoms with Crippen molar-refractivity contribution in [1.29, 1.82) is 0 Å². The van der Waals surface area contributed by atoms with Crippen molar-refractivity contribution in [2.75, 3.05) is 6.61 Å². The van der Waals surface area contributed by atoms with Gasteiger partial charge in [0.05, 0.1) is 24.1 Å². The zero-order valence-corrected chi connectivity index (χ0v) is 11.9. The van der Waals surface area contributed by atoms with E-state index in [0.717, 1.165) is 0 Å². The van der Waals surface area contributed by atoms with Crippen molar-refractivity contribution < 1.29 is 27.1 Å². The Kier molecular flexibility index (Phi) is 3.26. The van der Waals surface area contributed by atoms with Gasteiger partial charge in [0.1, 0.15) is 11.3 Å². The van der Waals surface area contributed by atoms with Crippen LogP contribution in [0.5, 0.6) is 0 Å². The Morgan fingerprint density at radius 3 is 2.91 bits per heavy atom. The molecule has 0 saturated carbocycles. The molecule has 1 unspecified atom stereocenters. The normalized spacial score (nSPS) is 17.0. The smallest absolute Gasteiger partial charge is 0.421 e. The molecule has 1 N–H and O–H groups in total. The summed E-state index contributed by atoms with van der Waals surface area (Å²) in [5.41, 5.74) is -0.311. The number of nitrogens with zero attached hydrogens (tertiary/aromatic N) is 1. The van der Waals surface area contributed by atoms with Crippen molar-refractivity contribution in [3.05, 3.63) is 28.8 Å². The van der Waals surface area contributed by atoms with Crippen LogP contribution in [0.4, 0.5) is 13.2 Å². The van der Waals surface area contributed by atoms with Crippen LogP contribution in [0.15, 0.2) is 10.6 Å². The summed E-state index contributed by atoms with van der Waals surface area (Å²) < 4.78 is 50.3. The lowest BCUT2D eigenvalue weighted by molar-refractivity contribution is -0.138. The molecular weight excluding hydrogens is 301 g/mol. The number of hydrogen-bond acceptors (Lipinski definition) is 4. The van der Waals surface area contributed by atoms with E-state index in [-0.39, 0.29) is 36.0 Å². The second-order valence-corrected chi connectivity index (χ2v) is 5.13. The number of aromatic amines is 1. The lowest BCUT2D eigenvalue weighted by Gasteiger charge is -2.18. The summed E-state index contributed by atoms with van der Waals surface area (Å²) in [7, 11) is 0. The van der Waals surface area contributed by atoms with E-state index in [4.69, 9.17) is 4.42 Å². The number of halogens is 3. The Hall–Kier alpha value is -2.25. The van der Waals surface area contributed by atoms with Gasteiger partial charge in [-0.05, 0) is 12.8 Å². The van der Waals surface area contributed by atoms with Crippen molar-refractivity contribution in [3.8, 4) is 11.3 Å². The summed E-state index contributed by atoms with van der Waals surface area (Å²) in [4.78, 5) is 11.8. The number of esters is 1. The molecule has 1 atom stereocenters. The minimum atomic E-state index is -4.73. The molecule has 118 valence electrons. The summed E-state index contributed by atoms with van der Waals surface area (Å²) in [6.07, 6.45) is -2.97. The quantitative estimate of drug-likeness (QED) is 0.861. The Bertz CT molecular complexity index is 730. The van der Waals surface area contributed by atoms with Gasteiger partial charge in [0, 0.05) is 12.0 Å². The predicted octanol–water partition coefficient (Wildman–Crippen LogP) is 3.52. The standard InChI is InChI=1S/C14H13F3N2O3/c1-3-21-13(20)12-10(14(15,16)17)9-8(22-12)4-6(2)7-5-18-19-11(7)9/h5-6H,3-4H2,1-2H3,(H,18,19). The van der Waals surface area contributed by atoms with E-state index >= 15 is 0 Å². The van der Waals surface area contributed by atoms with Crippen molar-refractivity contribution in [3.63, 3.8) is 0 Å². The van der Waals surface area contributed by atoms with E-state index < -0.39 is 23.5 Å². The van der Waals surface area contributed by atoms with Crippen LogP contribution in [0.3, 0.4) is 0 Å². The minimum Gasteiger partial charge on any atom is -0.460 e. The van der Waals surface area contributed by atoms with Crippen LogP contribution in [-0.2, 0) is 17.3 Å². The highest BCUT2D eigenvalue weighted by atomic mass is 19.4. The average molecular weight is 314 g/mol. The molecule has 0 fully saturated rings. The monoisotopic (exact) mass is 314 g/mol. The summed E-state index contributed by atoms with van der Waals surface area (Å²) in [5, 5.41) is 6.40. The van der Waals surface area contributed by atoms with Gasteiger partial charge in [-0.2, -0.15) is 18.3 Å². The molecule has 0 aliphatic heterocycles. The lowest BCUT2D eigenvalue weighted by atomic mass is 9.86. The van der Waals surface area contributed by atoms with E-state index in [9.17, 15) is 18.0 Å².